The van der Waals surface area contributed by atoms with Crippen molar-refractivity contribution in [1.82, 2.24) is 0 Å². The Morgan fingerprint density at radius 2 is 1.60 bits per heavy atom. The molecular formula is C14H30O. The van der Waals surface area contributed by atoms with Gasteiger partial charge in [0.2, 0.25) is 0 Å². The molecule has 0 aromatic carbocycles. The van der Waals surface area contributed by atoms with Gasteiger partial charge in [0.1, 0.15) is 0 Å². The van der Waals surface area contributed by atoms with Gasteiger partial charge in [-0.25, -0.2) is 0 Å². The lowest BCUT2D eigenvalue weighted by Crippen LogP contribution is -2.39. The summed E-state index contributed by atoms with van der Waals surface area (Å²) in [6, 6.07) is 0. The summed E-state index contributed by atoms with van der Waals surface area (Å²) < 4.78 is 5.83. The van der Waals surface area contributed by atoms with Gasteiger partial charge in [0, 0.05) is 7.11 Å². The molecule has 15 heavy (non-hydrogen) atoms. The standard InChI is InChI=1S/C14H30O/c1-8-13(11(3)4)10-14(9-2,15-7)12(5)6/h11-13H,8-10H2,1-7H3. The molecule has 92 valence electrons. The highest BCUT2D eigenvalue weighted by Gasteiger charge is 2.34. The van der Waals surface area contributed by atoms with E-state index in [1.54, 1.807) is 0 Å². The van der Waals surface area contributed by atoms with Crippen molar-refractivity contribution in [3.05, 3.63) is 0 Å². The molecule has 2 unspecified atom stereocenters. The van der Waals surface area contributed by atoms with Crippen LogP contribution in [0.15, 0.2) is 0 Å². The molecule has 0 aromatic rings. The predicted octanol–water partition coefficient (Wildman–Crippen LogP) is 4.51. The fraction of sp³-hybridized carbons (Fsp3) is 1.00. The van der Waals surface area contributed by atoms with Crippen LogP contribution in [-0.2, 0) is 4.74 Å². The lowest BCUT2D eigenvalue weighted by molar-refractivity contribution is -0.0724. The minimum Gasteiger partial charge on any atom is -0.378 e. The molecule has 0 amide bonds. The first-order valence-electron chi connectivity index (χ1n) is 6.48. The van der Waals surface area contributed by atoms with Crippen molar-refractivity contribution < 1.29 is 4.74 Å². The summed E-state index contributed by atoms with van der Waals surface area (Å²) in [5.74, 6) is 2.14. The van der Waals surface area contributed by atoms with Gasteiger partial charge < -0.3 is 4.74 Å². The van der Waals surface area contributed by atoms with E-state index in [4.69, 9.17) is 4.74 Å². The van der Waals surface area contributed by atoms with Gasteiger partial charge in [0.05, 0.1) is 5.60 Å². The molecule has 0 aliphatic carbocycles. The van der Waals surface area contributed by atoms with E-state index in [1.807, 2.05) is 7.11 Å². The van der Waals surface area contributed by atoms with Crippen LogP contribution in [0.25, 0.3) is 0 Å². The molecule has 2 atom stereocenters. The fourth-order valence-electron chi connectivity index (χ4n) is 2.55. The van der Waals surface area contributed by atoms with Gasteiger partial charge in [-0.2, -0.15) is 0 Å². The van der Waals surface area contributed by atoms with E-state index in [2.05, 4.69) is 41.5 Å². The molecule has 0 aromatic heterocycles. The normalized spacial score (nSPS) is 18.2. The van der Waals surface area contributed by atoms with Crippen LogP contribution in [-0.4, -0.2) is 12.7 Å². The lowest BCUT2D eigenvalue weighted by atomic mass is 9.75. The van der Waals surface area contributed by atoms with E-state index in [0.717, 1.165) is 18.3 Å². The molecule has 0 aliphatic rings. The van der Waals surface area contributed by atoms with Crippen LogP contribution in [0.1, 0.15) is 60.8 Å². The first kappa shape index (κ1) is 15.0. The molecule has 0 saturated heterocycles. The zero-order chi connectivity index (χ0) is 12.1. The van der Waals surface area contributed by atoms with E-state index >= 15 is 0 Å². The molecule has 0 bridgehead atoms. The summed E-state index contributed by atoms with van der Waals surface area (Å²) in [4.78, 5) is 0. The van der Waals surface area contributed by atoms with Crippen molar-refractivity contribution >= 4 is 0 Å². The van der Waals surface area contributed by atoms with Gasteiger partial charge in [-0.05, 0) is 30.6 Å². The number of hydrogen-bond acceptors (Lipinski definition) is 1. The maximum Gasteiger partial charge on any atom is 0.0701 e. The van der Waals surface area contributed by atoms with E-state index in [-0.39, 0.29) is 5.60 Å². The molecule has 0 heterocycles. The Bertz CT molecular complexity index is 157. The summed E-state index contributed by atoms with van der Waals surface area (Å²) in [6.07, 6.45) is 3.58. The number of hydrogen-bond donors (Lipinski definition) is 0. The summed E-state index contributed by atoms with van der Waals surface area (Å²) in [7, 11) is 1.87. The van der Waals surface area contributed by atoms with Crippen molar-refractivity contribution in [3.63, 3.8) is 0 Å². The second-order valence-electron chi connectivity index (χ2n) is 5.39. The molecule has 0 N–H and O–H groups in total. The van der Waals surface area contributed by atoms with Gasteiger partial charge in [0.15, 0.2) is 0 Å². The summed E-state index contributed by atoms with van der Waals surface area (Å²) in [5.41, 5.74) is 0.0882. The van der Waals surface area contributed by atoms with Crippen molar-refractivity contribution in [2.24, 2.45) is 17.8 Å². The largest absolute Gasteiger partial charge is 0.378 e. The van der Waals surface area contributed by atoms with Crippen LogP contribution in [0.4, 0.5) is 0 Å². The minimum absolute atomic E-state index is 0.0882. The highest BCUT2D eigenvalue weighted by atomic mass is 16.5. The Labute approximate surface area is 96.6 Å². The second-order valence-corrected chi connectivity index (χ2v) is 5.39. The quantitative estimate of drug-likeness (QED) is 0.606. The molecule has 1 nitrogen and oxygen atoms in total. The number of methoxy groups -OCH3 is 1. The maximum atomic E-state index is 5.83. The minimum atomic E-state index is 0.0882. The summed E-state index contributed by atoms with van der Waals surface area (Å²) in [5, 5.41) is 0. The average Bonchev–Trinajstić information content (AvgIpc) is 2.19. The van der Waals surface area contributed by atoms with Crippen LogP contribution < -0.4 is 0 Å². The van der Waals surface area contributed by atoms with Crippen molar-refractivity contribution in [3.8, 4) is 0 Å². The summed E-state index contributed by atoms with van der Waals surface area (Å²) in [6.45, 7) is 13.7. The van der Waals surface area contributed by atoms with Gasteiger partial charge in [-0.15, -0.1) is 0 Å². The molecule has 0 spiro atoms. The zero-order valence-corrected chi connectivity index (χ0v) is 11.8. The first-order valence-corrected chi connectivity index (χ1v) is 6.48. The Morgan fingerprint density at radius 3 is 1.80 bits per heavy atom. The Kier molecular flexibility index (Phi) is 6.51. The second kappa shape index (κ2) is 6.52. The number of rotatable bonds is 7. The SMILES string of the molecule is CCC(CC(CC)(OC)C(C)C)C(C)C. The van der Waals surface area contributed by atoms with Gasteiger partial charge in [-0.1, -0.05) is 48.0 Å². The van der Waals surface area contributed by atoms with E-state index in [1.165, 1.54) is 12.8 Å². The van der Waals surface area contributed by atoms with Crippen LogP contribution in [0, 0.1) is 17.8 Å². The Balaban J connectivity index is 4.64. The van der Waals surface area contributed by atoms with Crippen molar-refractivity contribution in [1.29, 1.82) is 0 Å². The van der Waals surface area contributed by atoms with Gasteiger partial charge >= 0.3 is 0 Å². The molecular weight excluding hydrogens is 184 g/mol. The topological polar surface area (TPSA) is 9.23 Å². The lowest BCUT2D eigenvalue weighted by Gasteiger charge is -2.39. The van der Waals surface area contributed by atoms with Gasteiger partial charge in [-0.3, -0.25) is 0 Å². The van der Waals surface area contributed by atoms with Crippen LogP contribution in [0.5, 0.6) is 0 Å². The van der Waals surface area contributed by atoms with Crippen LogP contribution >= 0.6 is 0 Å². The summed E-state index contributed by atoms with van der Waals surface area (Å²) >= 11 is 0. The third-order valence-electron chi connectivity index (χ3n) is 4.13. The van der Waals surface area contributed by atoms with Crippen LogP contribution in [0.3, 0.4) is 0 Å². The van der Waals surface area contributed by atoms with E-state index in [9.17, 15) is 0 Å². The number of ether oxygens (including phenoxy) is 1. The maximum absolute atomic E-state index is 5.83. The highest BCUT2D eigenvalue weighted by Crippen LogP contribution is 2.35. The Morgan fingerprint density at radius 1 is 1.07 bits per heavy atom. The zero-order valence-electron chi connectivity index (χ0n) is 11.8. The monoisotopic (exact) mass is 214 g/mol. The molecule has 0 fully saturated rings. The van der Waals surface area contributed by atoms with E-state index < -0.39 is 0 Å². The molecule has 0 saturated carbocycles. The molecule has 0 radical (unpaired) electrons. The first-order chi connectivity index (χ1) is 6.93. The van der Waals surface area contributed by atoms with Crippen LogP contribution in [0.2, 0.25) is 0 Å². The fourth-order valence-corrected chi connectivity index (χ4v) is 2.55. The third-order valence-corrected chi connectivity index (χ3v) is 4.13. The van der Waals surface area contributed by atoms with E-state index in [0.29, 0.717) is 5.92 Å². The van der Waals surface area contributed by atoms with Crippen molar-refractivity contribution in [2.75, 3.05) is 7.11 Å². The average molecular weight is 214 g/mol. The van der Waals surface area contributed by atoms with Gasteiger partial charge in [0.25, 0.3) is 0 Å². The Hall–Kier alpha value is -0.0400. The molecule has 0 aliphatic heterocycles. The molecule has 1 heteroatoms. The third kappa shape index (κ3) is 3.79. The smallest absolute Gasteiger partial charge is 0.0701 e. The predicted molar refractivity (Wildman–Crippen MR) is 68.1 cm³/mol. The highest BCUT2D eigenvalue weighted by molar-refractivity contribution is 4.85. The molecule has 0 rings (SSSR count). The van der Waals surface area contributed by atoms with Crippen molar-refractivity contribution in [2.45, 2.75) is 66.4 Å².